The molecule has 1 amide bonds. The van der Waals surface area contributed by atoms with E-state index in [-0.39, 0.29) is 12.1 Å². The van der Waals surface area contributed by atoms with Crippen LogP contribution in [0.25, 0.3) is 6.08 Å². The topological polar surface area (TPSA) is 38.3 Å². The van der Waals surface area contributed by atoms with Crippen molar-refractivity contribution in [2.45, 2.75) is 39.0 Å². The molecule has 3 nitrogen and oxygen atoms in total. The molecule has 1 aromatic carbocycles. The van der Waals surface area contributed by atoms with Gasteiger partial charge in [-0.1, -0.05) is 12.2 Å². The zero-order chi connectivity index (χ0) is 17.7. The maximum atomic E-state index is 13.5. The molecular weight excluding hydrogens is 314 g/mol. The van der Waals surface area contributed by atoms with Crippen molar-refractivity contribution >= 4 is 12.2 Å². The summed E-state index contributed by atoms with van der Waals surface area (Å²) in [5.41, 5.74) is -1.68. The number of halogens is 4. The number of alkyl carbamates (subject to hydrolysis) is 1. The van der Waals surface area contributed by atoms with E-state index in [1.54, 1.807) is 20.8 Å². The molecule has 0 radical (unpaired) electrons. The van der Waals surface area contributed by atoms with Gasteiger partial charge >= 0.3 is 12.3 Å². The second-order valence-electron chi connectivity index (χ2n) is 5.85. The average molecular weight is 333 g/mol. The molecule has 0 aromatic heterocycles. The highest BCUT2D eigenvalue weighted by Gasteiger charge is 2.30. The van der Waals surface area contributed by atoms with E-state index < -0.39 is 29.3 Å². The summed E-state index contributed by atoms with van der Waals surface area (Å²) >= 11 is 0. The Hall–Kier alpha value is -2.05. The Kier molecular flexibility index (Phi) is 6.18. The average Bonchev–Trinajstić information content (AvgIpc) is 2.36. The molecule has 1 N–H and O–H groups in total. The normalized spacial score (nSPS) is 12.5. The molecule has 0 saturated heterocycles. The van der Waals surface area contributed by atoms with Crippen LogP contribution >= 0.6 is 0 Å². The zero-order valence-electron chi connectivity index (χ0n) is 13.1. The molecule has 1 rings (SSSR count). The van der Waals surface area contributed by atoms with Crippen LogP contribution in [0.3, 0.4) is 0 Å². The summed E-state index contributed by atoms with van der Waals surface area (Å²) < 4.78 is 56.2. The SMILES string of the molecule is CC(C)(C)OC(=O)NCCC=Cc1cc(C(F)(F)F)ccc1F. The Morgan fingerprint density at radius 2 is 1.91 bits per heavy atom. The molecular formula is C16H19F4NO2. The maximum absolute atomic E-state index is 13.5. The molecule has 0 fully saturated rings. The minimum Gasteiger partial charge on any atom is -0.444 e. The van der Waals surface area contributed by atoms with Crippen LogP contribution in [0.15, 0.2) is 24.3 Å². The van der Waals surface area contributed by atoms with Gasteiger partial charge in [0.25, 0.3) is 0 Å². The number of ether oxygens (including phenoxy) is 1. The molecule has 0 unspecified atom stereocenters. The van der Waals surface area contributed by atoms with E-state index in [4.69, 9.17) is 4.74 Å². The predicted octanol–water partition coefficient (Wildman–Crippen LogP) is 4.77. The first-order valence-corrected chi connectivity index (χ1v) is 6.99. The van der Waals surface area contributed by atoms with Gasteiger partial charge in [0.05, 0.1) is 5.56 Å². The highest BCUT2D eigenvalue weighted by molar-refractivity contribution is 5.67. The third-order valence-electron chi connectivity index (χ3n) is 2.60. The smallest absolute Gasteiger partial charge is 0.416 e. The van der Waals surface area contributed by atoms with Crippen LogP contribution in [0.1, 0.15) is 38.3 Å². The van der Waals surface area contributed by atoms with Gasteiger partial charge in [-0.3, -0.25) is 0 Å². The van der Waals surface area contributed by atoms with Crippen LogP contribution in [0.5, 0.6) is 0 Å². The standard InChI is InChI=1S/C16H19F4NO2/c1-15(2,3)23-14(22)21-9-5-4-6-11-10-12(16(18,19)20)7-8-13(11)17/h4,6-8,10H,5,9H2,1-3H3,(H,21,22). The highest BCUT2D eigenvalue weighted by Crippen LogP contribution is 2.30. The molecule has 0 aliphatic rings. The predicted molar refractivity (Wildman–Crippen MR) is 79.3 cm³/mol. The van der Waals surface area contributed by atoms with E-state index in [2.05, 4.69) is 5.32 Å². The maximum Gasteiger partial charge on any atom is 0.416 e. The van der Waals surface area contributed by atoms with Gasteiger partial charge in [0.2, 0.25) is 0 Å². The third kappa shape index (κ3) is 7.17. The summed E-state index contributed by atoms with van der Waals surface area (Å²) in [5.74, 6) is -0.741. The van der Waals surface area contributed by atoms with E-state index in [9.17, 15) is 22.4 Å². The fourth-order valence-corrected chi connectivity index (χ4v) is 1.63. The Morgan fingerprint density at radius 1 is 1.26 bits per heavy atom. The number of hydrogen-bond acceptors (Lipinski definition) is 2. The molecule has 0 aliphatic carbocycles. The summed E-state index contributed by atoms with van der Waals surface area (Å²) in [6, 6.07) is 2.21. The number of carbonyl (C=O) groups is 1. The fourth-order valence-electron chi connectivity index (χ4n) is 1.63. The summed E-state index contributed by atoms with van der Waals surface area (Å²) in [7, 11) is 0. The van der Waals surface area contributed by atoms with Gasteiger partial charge in [0, 0.05) is 12.1 Å². The van der Waals surface area contributed by atoms with Crippen LogP contribution in [0, 0.1) is 5.82 Å². The second kappa shape index (κ2) is 7.48. The minimum atomic E-state index is -4.52. The van der Waals surface area contributed by atoms with Gasteiger partial charge in [-0.2, -0.15) is 13.2 Å². The number of benzene rings is 1. The molecule has 1 aromatic rings. The van der Waals surface area contributed by atoms with Crippen molar-refractivity contribution in [2.75, 3.05) is 6.54 Å². The van der Waals surface area contributed by atoms with Crippen molar-refractivity contribution in [2.24, 2.45) is 0 Å². The number of carbonyl (C=O) groups excluding carboxylic acids is 1. The lowest BCUT2D eigenvalue weighted by Gasteiger charge is -2.19. The first-order valence-electron chi connectivity index (χ1n) is 6.99. The molecule has 0 spiro atoms. The van der Waals surface area contributed by atoms with Gasteiger partial charge in [-0.25, -0.2) is 9.18 Å². The van der Waals surface area contributed by atoms with Crippen molar-refractivity contribution < 1.29 is 27.1 Å². The number of amides is 1. The van der Waals surface area contributed by atoms with E-state index >= 15 is 0 Å². The molecule has 23 heavy (non-hydrogen) atoms. The lowest BCUT2D eigenvalue weighted by molar-refractivity contribution is -0.137. The first kappa shape index (κ1) is 19.0. The van der Waals surface area contributed by atoms with Crippen molar-refractivity contribution in [3.63, 3.8) is 0 Å². The van der Waals surface area contributed by atoms with Crippen molar-refractivity contribution in [1.82, 2.24) is 5.32 Å². The Labute approximate surface area is 132 Å². The van der Waals surface area contributed by atoms with Crippen LogP contribution in [-0.4, -0.2) is 18.2 Å². The number of nitrogens with one attached hydrogen (secondary N) is 1. The van der Waals surface area contributed by atoms with Gasteiger partial charge in [-0.05, 0) is 45.4 Å². The minimum absolute atomic E-state index is 0.155. The number of hydrogen-bond donors (Lipinski definition) is 1. The summed E-state index contributed by atoms with van der Waals surface area (Å²) in [6.45, 7) is 5.40. The van der Waals surface area contributed by atoms with E-state index in [1.165, 1.54) is 12.2 Å². The molecule has 0 saturated carbocycles. The van der Waals surface area contributed by atoms with E-state index in [1.807, 2.05) is 0 Å². The molecule has 0 atom stereocenters. The van der Waals surface area contributed by atoms with E-state index in [0.29, 0.717) is 12.5 Å². The Morgan fingerprint density at radius 3 is 2.48 bits per heavy atom. The Bertz CT molecular complexity index is 574. The summed E-state index contributed by atoms with van der Waals surface area (Å²) in [4.78, 5) is 11.4. The summed E-state index contributed by atoms with van der Waals surface area (Å²) in [5, 5.41) is 2.49. The second-order valence-corrected chi connectivity index (χ2v) is 5.85. The first-order chi connectivity index (χ1) is 10.5. The van der Waals surface area contributed by atoms with Gasteiger partial charge in [0.1, 0.15) is 11.4 Å². The number of rotatable bonds is 4. The molecule has 0 aliphatic heterocycles. The van der Waals surface area contributed by atoms with Crippen LogP contribution < -0.4 is 5.32 Å². The largest absolute Gasteiger partial charge is 0.444 e. The highest BCUT2D eigenvalue weighted by atomic mass is 19.4. The van der Waals surface area contributed by atoms with Gasteiger partial charge < -0.3 is 10.1 Å². The molecule has 7 heteroatoms. The Balaban J connectivity index is 2.54. The molecule has 128 valence electrons. The lowest BCUT2D eigenvalue weighted by atomic mass is 10.1. The van der Waals surface area contributed by atoms with Crippen LogP contribution in [0.2, 0.25) is 0 Å². The van der Waals surface area contributed by atoms with Crippen molar-refractivity contribution in [3.05, 3.63) is 41.2 Å². The summed E-state index contributed by atoms with van der Waals surface area (Å²) in [6.07, 6.45) is -2.04. The molecule has 0 bridgehead atoms. The zero-order valence-corrected chi connectivity index (χ0v) is 13.1. The lowest BCUT2D eigenvalue weighted by Crippen LogP contribution is -2.32. The fraction of sp³-hybridized carbons (Fsp3) is 0.438. The third-order valence-corrected chi connectivity index (χ3v) is 2.60. The van der Waals surface area contributed by atoms with Gasteiger partial charge in [0.15, 0.2) is 0 Å². The molecule has 0 heterocycles. The van der Waals surface area contributed by atoms with Crippen LogP contribution in [-0.2, 0) is 10.9 Å². The quantitative estimate of drug-likeness (QED) is 0.636. The van der Waals surface area contributed by atoms with Crippen molar-refractivity contribution in [3.8, 4) is 0 Å². The number of alkyl halides is 3. The monoisotopic (exact) mass is 333 g/mol. The van der Waals surface area contributed by atoms with Crippen molar-refractivity contribution in [1.29, 1.82) is 0 Å². The van der Waals surface area contributed by atoms with E-state index in [0.717, 1.165) is 12.1 Å². The van der Waals surface area contributed by atoms with Gasteiger partial charge in [-0.15, -0.1) is 0 Å². The van der Waals surface area contributed by atoms with Crippen LogP contribution in [0.4, 0.5) is 22.4 Å².